The number of carbonyl (C=O) groups excluding carboxylic acids is 2. The Bertz CT molecular complexity index is 596. The van der Waals surface area contributed by atoms with E-state index in [9.17, 15) is 14.4 Å². The number of carboxylic acid groups (broad SMARTS) is 1. The highest BCUT2D eigenvalue weighted by atomic mass is 16.5. The van der Waals surface area contributed by atoms with Crippen molar-refractivity contribution in [1.29, 1.82) is 0 Å². The van der Waals surface area contributed by atoms with Crippen LogP contribution in [0.4, 0.5) is 0 Å². The van der Waals surface area contributed by atoms with Crippen LogP contribution in [0.1, 0.15) is 18.4 Å². The Hall–Kier alpha value is -2.94. The lowest BCUT2D eigenvalue weighted by atomic mass is 10.1. The molecule has 1 aromatic rings. The quantitative estimate of drug-likeness (QED) is 0.206. The van der Waals surface area contributed by atoms with E-state index in [-0.39, 0.29) is 24.2 Å². The topological polar surface area (TPSA) is 163 Å². The molecule has 0 aromatic heterocycles. The molecule has 0 saturated heterocycles. The molecule has 117 valence electrons. The van der Waals surface area contributed by atoms with Crippen LogP contribution in [0, 0.1) is 0 Å². The molecule has 0 heterocycles. The Morgan fingerprint density at radius 2 is 1.86 bits per heavy atom. The van der Waals surface area contributed by atoms with Crippen molar-refractivity contribution in [3.63, 3.8) is 0 Å². The van der Waals surface area contributed by atoms with E-state index in [1.165, 1.54) is 24.3 Å². The molecule has 0 aliphatic heterocycles. The zero-order valence-electron chi connectivity index (χ0n) is 11.4. The van der Waals surface area contributed by atoms with E-state index < -0.39 is 29.6 Å². The maximum absolute atomic E-state index is 11.6. The van der Waals surface area contributed by atoms with Crippen molar-refractivity contribution in [2.75, 3.05) is 0 Å². The Balaban J connectivity index is 2.70. The van der Waals surface area contributed by atoms with Crippen molar-refractivity contribution < 1.29 is 29.4 Å². The Labute approximate surface area is 125 Å². The van der Waals surface area contributed by atoms with E-state index in [1.54, 1.807) is 0 Å². The van der Waals surface area contributed by atoms with Gasteiger partial charge in [-0.05, 0) is 30.7 Å². The molecule has 1 radical (unpaired) electrons. The second-order valence-corrected chi connectivity index (χ2v) is 4.26. The van der Waals surface area contributed by atoms with Gasteiger partial charge in [0.1, 0.15) is 11.8 Å². The SMILES string of the molecule is [NH]C(=O)C(=NO)c1ccc(OC(=O)[C@H](N)CCC(=O)O)cc1. The van der Waals surface area contributed by atoms with E-state index in [4.69, 9.17) is 26.5 Å². The van der Waals surface area contributed by atoms with Crippen LogP contribution in [0.25, 0.3) is 0 Å². The van der Waals surface area contributed by atoms with Crippen molar-refractivity contribution in [1.82, 2.24) is 5.73 Å². The number of carboxylic acids is 1. The second kappa shape index (κ2) is 7.74. The molecule has 0 aliphatic rings. The van der Waals surface area contributed by atoms with E-state index in [0.717, 1.165) is 0 Å². The number of oxime groups is 1. The summed E-state index contributed by atoms with van der Waals surface area (Å²) in [4.78, 5) is 32.9. The number of aliphatic carboxylic acids is 1. The molecule has 9 heteroatoms. The number of esters is 1. The van der Waals surface area contributed by atoms with Crippen molar-refractivity contribution in [2.24, 2.45) is 10.9 Å². The molecular weight excluding hydrogens is 294 g/mol. The number of ether oxygens (including phenoxy) is 1. The minimum atomic E-state index is -1.16. The third-order valence-electron chi connectivity index (χ3n) is 2.63. The monoisotopic (exact) mass is 308 g/mol. The van der Waals surface area contributed by atoms with Gasteiger partial charge < -0.3 is 20.8 Å². The van der Waals surface area contributed by atoms with Gasteiger partial charge >= 0.3 is 11.9 Å². The maximum Gasteiger partial charge on any atom is 0.328 e. The number of rotatable bonds is 7. The van der Waals surface area contributed by atoms with Crippen LogP contribution in [0.15, 0.2) is 29.4 Å². The van der Waals surface area contributed by atoms with Crippen molar-refractivity contribution in [3.8, 4) is 5.75 Å². The molecule has 0 fully saturated rings. The standard InChI is InChI=1S/C13H14N3O6/c14-9(5-6-10(17)18)13(20)22-8-3-1-7(2-4-8)11(16-21)12(15)19/h1-4,9,15,21H,5-6,14H2,(H,17,18)/t9-/m1/s1. The number of carbonyl (C=O) groups is 3. The minimum absolute atomic E-state index is 0.0546. The van der Waals surface area contributed by atoms with Gasteiger partial charge in [-0.1, -0.05) is 5.16 Å². The summed E-state index contributed by atoms with van der Waals surface area (Å²) in [6.45, 7) is 0. The highest BCUT2D eigenvalue weighted by Crippen LogP contribution is 2.14. The first kappa shape index (κ1) is 17.1. The third kappa shape index (κ3) is 4.87. The Morgan fingerprint density at radius 1 is 1.27 bits per heavy atom. The largest absolute Gasteiger partial charge is 0.481 e. The molecule has 0 unspecified atom stereocenters. The molecule has 1 atom stereocenters. The first-order valence-electron chi connectivity index (χ1n) is 6.12. The first-order chi connectivity index (χ1) is 10.3. The Morgan fingerprint density at radius 3 is 2.32 bits per heavy atom. The number of hydrogen-bond acceptors (Lipinski definition) is 7. The number of nitrogens with two attached hydrogens (primary N) is 1. The lowest BCUT2D eigenvalue weighted by molar-refractivity contribution is -0.138. The van der Waals surface area contributed by atoms with Gasteiger partial charge in [-0.15, -0.1) is 0 Å². The zero-order chi connectivity index (χ0) is 16.7. The zero-order valence-corrected chi connectivity index (χ0v) is 11.4. The smallest absolute Gasteiger partial charge is 0.328 e. The molecule has 1 aromatic carbocycles. The molecule has 9 nitrogen and oxygen atoms in total. The first-order valence-corrected chi connectivity index (χ1v) is 6.12. The summed E-state index contributed by atoms with van der Waals surface area (Å²) >= 11 is 0. The van der Waals surface area contributed by atoms with Crippen molar-refractivity contribution in [2.45, 2.75) is 18.9 Å². The van der Waals surface area contributed by atoms with E-state index >= 15 is 0 Å². The fraction of sp³-hybridized carbons (Fsp3) is 0.231. The lowest BCUT2D eigenvalue weighted by Gasteiger charge is -2.10. The summed E-state index contributed by atoms with van der Waals surface area (Å²) in [6.07, 6.45) is -0.307. The normalized spacial score (nSPS) is 12.5. The van der Waals surface area contributed by atoms with Gasteiger partial charge in [-0.3, -0.25) is 15.3 Å². The summed E-state index contributed by atoms with van der Waals surface area (Å²) in [7, 11) is 0. The van der Waals surface area contributed by atoms with Crippen molar-refractivity contribution in [3.05, 3.63) is 29.8 Å². The predicted octanol–water partition coefficient (Wildman–Crippen LogP) is -0.228. The van der Waals surface area contributed by atoms with Crippen LogP contribution in [0.2, 0.25) is 0 Å². The summed E-state index contributed by atoms with van der Waals surface area (Å²) in [5.41, 5.74) is 12.1. The van der Waals surface area contributed by atoms with E-state index in [2.05, 4.69) is 5.16 Å². The van der Waals surface area contributed by atoms with Gasteiger partial charge in [0, 0.05) is 12.0 Å². The lowest BCUT2D eigenvalue weighted by Crippen LogP contribution is -2.34. The van der Waals surface area contributed by atoms with Gasteiger partial charge in [0.15, 0.2) is 5.71 Å². The van der Waals surface area contributed by atoms with Gasteiger partial charge in [0.2, 0.25) is 0 Å². The van der Waals surface area contributed by atoms with Crippen molar-refractivity contribution >= 4 is 23.6 Å². The molecule has 0 bridgehead atoms. The summed E-state index contributed by atoms with van der Waals surface area (Å²) in [5.74, 6) is -2.90. The highest BCUT2D eigenvalue weighted by molar-refractivity contribution is 6.44. The number of nitrogens with one attached hydrogen (secondary N) is 1. The molecule has 1 amide bonds. The molecule has 5 N–H and O–H groups in total. The number of nitrogens with zero attached hydrogens (tertiary/aromatic N) is 1. The van der Waals surface area contributed by atoms with Crippen LogP contribution in [-0.4, -0.2) is 39.9 Å². The van der Waals surface area contributed by atoms with Gasteiger partial charge in [-0.25, -0.2) is 4.79 Å². The number of hydrogen-bond donors (Lipinski definition) is 3. The highest BCUT2D eigenvalue weighted by Gasteiger charge is 2.18. The van der Waals surface area contributed by atoms with Crippen LogP contribution in [0.3, 0.4) is 0 Å². The molecule has 0 aliphatic carbocycles. The van der Waals surface area contributed by atoms with E-state index in [0.29, 0.717) is 0 Å². The van der Waals surface area contributed by atoms with Gasteiger partial charge in [0.05, 0.1) is 0 Å². The van der Waals surface area contributed by atoms with Crippen LogP contribution >= 0.6 is 0 Å². The van der Waals surface area contributed by atoms with E-state index in [1.807, 2.05) is 0 Å². The van der Waals surface area contributed by atoms with Gasteiger partial charge in [0.25, 0.3) is 5.91 Å². The van der Waals surface area contributed by atoms with Gasteiger partial charge in [-0.2, -0.15) is 0 Å². The maximum atomic E-state index is 11.6. The Kier molecular flexibility index (Phi) is 6.02. The third-order valence-corrected chi connectivity index (χ3v) is 2.63. The summed E-state index contributed by atoms with van der Waals surface area (Å²) in [5, 5.41) is 19.9. The fourth-order valence-electron chi connectivity index (χ4n) is 1.50. The molecule has 0 spiro atoms. The molecule has 0 saturated carbocycles. The summed E-state index contributed by atoms with van der Waals surface area (Å²) in [6, 6.07) is 4.23. The average molecular weight is 308 g/mol. The fourth-order valence-corrected chi connectivity index (χ4v) is 1.50. The number of amides is 1. The van der Waals surface area contributed by atoms with Crippen LogP contribution < -0.4 is 16.2 Å². The molecular formula is C13H14N3O6. The molecule has 22 heavy (non-hydrogen) atoms. The second-order valence-electron chi connectivity index (χ2n) is 4.26. The molecule has 1 rings (SSSR count). The summed E-state index contributed by atoms with van der Waals surface area (Å²) < 4.78 is 4.95. The average Bonchev–Trinajstić information content (AvgIpc) is 2.46. The van der Waals surface area contributed by atoms with Crippen LogP contribution in [0.5, 0.6) is 5.75 Å². The minimum Gasteiger partial charge on any atom is -0.481 e. The number of benzene rings is 1. The predicted molar refractivity (Wildman–Crippen MR) is 73.3 cm³/mol. The van der Waals surface area contributed by atoms with Crippen LogP contribution in [-0.2, 0) is 14.4 Å².